The highest BCUT2D eigenvalue weighted by Gasteiger charge is 2.16. The third kappa shape index (κ3) is 4.92. The number of anilines is 3. The fourth-order valence-electron chi connectivity index (χ4n) is 4.25. The number of ether oxygens (including phenoxy) is 3. The van der Waals surface area contributed by atoms with E-state index in [2.05, 4.69) is 25.3 Å². The number of likely N-dealkylation sites (tertiary alicyclic amines) is 1. The van der Waals surface area contributed by atoms with Crippen LogP contribution in [0.1, 0.15) is 12.8 Å². The van der Waals surface area contributed by atoms with E-state index < -0.39 is 0 Å². The van der Waals surface area contributed by atoms with Crippen LogP contribution in [0.15, 0.2) is 48.7 Å². The maximum Gasteiger partial charge on any atom is 0.248 e. The number of fused-ring (bicyclic) bond motifs is 1. The minimum atomic E-state index is 0.212. The predicted molar refractivity (Wildman–Crippen MR) is 135 cm³/mol. The zero-order valence-corrected chi connectivity index (χ0v) is 19.9. The fraction of sp³-hybridized carbons (Fsp3) is 0.320. The van der Waals surface area contributed by atoms with Crippen molar-refractivity contribution in [1.29, 1.82) is 0 Å². The van der Waals surface area contributed by atoms with Gasteiger partial charge in [-0.15, -0.1) is 5.10 Å². The molecule has 1 aliphatic rings. The first kappa shape index (κ1) is 22.7. The summed E-state index contributed by atoms with van der Waals surface area (Å²) in [5.74, 6) is 3.18. The highest BCUT2D eigenvalue weighted by Crippen LogP contribution is 2.34. The van der Waals surface area contributed by atoms with Gasteiger partial charge < -0.3 is 25.3 Å². The number of nitrogens with zero attached hydrogens (tertiary/aromatic N) is 5. The maximum atomic E-state index is 6.20. The smallest absolute Gasteiger partial charge is 0.248 e. The molecular weight excluding hydrogens is 446 g/mol. The Morgan fingerprint density at radius 2 is 1.74 bits per heavy atom. The van der Waals surface area contributed by atoms with Gasteiger partial charge in [0.25, 0.3) is 0 Å². The standard InChI is InChI=1S/C25H29N7O3/c1-33-21-15-17-9-10-27-23(20(17)16-22(21)34-2)32-24(26)29-25(30-32)28-18-5-7-19(8-6-18)35-14-13-31-11-3-4-12-31/h5-10,15-16H,3-4,11-14H2,1-2H3,(H3,26,28,29,30). The molecule has 1 aliphatic heterocycles. The molecule has 0 aliphatic carbocycles. The average molecular weight is 476 g/mol. The third-order valence-corrected chi connectivity index (χ3v) is 6.07. The Balaban J connectivity index is 1.31. The number of hydrogen-bond acceptors (Lipinski definition) is 9. The van der Waals surface area contributed by atoms with Gasteiger partial charge in [-0.3, -0.25) is 4.90 Å². The Bertz CT molecular complexity index is 1300. The average Bonchev–Trinajstić information content (AvgIpc) is 3.53. The van der Waals surface area contributed by atoms with Crippen molar-refractivity contribution in [3.63, 3.8) is 0 Å². The lowest BCUT2D eigenvalue weighted by molar-refractivity contribution is 0.238. The van der Waals surface area contributed by atoms with Crippen LogP contribution in [0.25, 0.3) is 16.6 Å². The number of methoxy groups -OCH3 is 2. The normalized spacial score (nSPS) is 13.8. The van der Waals surface area contributed by atoms with Gasteiger partial charge in [0.15, 0.2) is 17.3 Å². The van der Waals surface area contributed by atoms with Crippen molar-refractivity contribution in [2.75, 3.05) is 51.5 Å². The number of nitrogens with two attached hydrogens (primary N) is 1. The first-order valence-corrected chi connectivity index (χ1v) is 11.6. The van der Waals surface area contributed by atoms with E-state index in [1.54, 1.807) is 20.4 Å². The van der Waals surface area contributed by atoms with E-state index in [0.717, 1.165) is 28.8 Å². The van der Waals surface area contributed by atoms with Crippen molar-refractivity contribution in [3.8, 4) is 23.1 Å². The lowest BCUT2D eigenvalue weighted by atomic mass is 10.1. The van der Waals surface area contributed by atoms with E-state index in [4.69, 9.17) is 19.9 Å². The Hall–Kier alpha value is -4.05. The van der Waals surface area contributed by atoms with Gasteiger partial charge in [0.2, 0.25) is 11.9 Å². The molecule has 35 heavy (non-hydrogen) atoms. The predicted octanol–water partition coefficient (Wildman–Crippen LogP) is 3.63. The van der Waals surface area contributed by atoms with Crippen molar-refractivity contribution in [3.05, 3.63) is 48.7 Å². The second-order valence-electron chi connectivity index (χ2n) is 8.31. The number of benzene rings is 2. The Morgan fingerprint density at radius 3 is 2.49 bits per heavy atom. The van der Waals surface area contributed by atoms with Crippen molar-refractivity contribution in [2.45, 2.75) is 12.8 Å². The molecule has 182 valence electrons. The molecule has 5 rings (SSSR count). The second-order valence-corrected chi connectivity index (χ2v) is 8.31. The molecule has 0 bridgehead atoms. The van der Waals surface area contributed by atoms with Crippen molar-refractivity contribution in [1.82, 2.24) is 24.6 Å². The van der Waals surface area contributed by atoms with Crippen LogP contribution in [-0.4, -0.2) is 65.1 Å². The van der Waals surface area contributed by atoms with E-state index in [1.165, 1.54) is 30.6 Å². The molecule has 3 N–H and O–H groups in total. The minimum Gasteiger partial charge on any atom is -0.493 e. The number of nitrogens with one attached hydrogen (secondary N) is 1. The van der Waals surface area contributed by atoms with E-state index in [-0.39, 0.29) is 5.95 Å². The van der Waals surface area contributed by atoms with Gasteiger partial charge >= 0.3 is 0 Å². The van der Waals surface area contributed by atoms with Crippen molar-refractivity contribution >= 4 is 28.4 Å². The molecule has 2 aromatic heterocycles. The van der Waals surface area contributed by atoms with Crippen molar-refractivity contribution < 1.29 is 14.2 Å². The summed E-state index contributed by atoms with van der Waals surface area (Å²) in [6.07, 6.45) is 4.27. The molecule has 0 unspecified atom stereocenters. The summed E-state index contributed by atoms with van der Waals surface area (Å²) in [6, 6.07) is 13.3. The molecule has 1 saturated heterocycles. The van der Waals surface area contributed by atoms with Crippen LogP contribution in [0.5, 0.6) is 17.2 Å². The molecule has 4 aromatic rings. The summed E-state index contributed by atoms with van der Waals surface area (Å²) in [5.41, 5.74) is 7.03. The quantitative estimate of drug-likeness (QED) is 0.375. The molecule has 0 amide bonds. The SMILES string of the molecule is COc1cc2ccnc(-n3nc(Nc4ccc(OCCN5CCCC5)cc4)nc3N)c2cc1OC. The zero-order chi connectivity index (χ0) is 24.2. The molecular formula is C25H29N7O3. The van der Waals surface area contributed by atoms with Gasteiger partial charge in [-0.05, 0) is 73.8 Å². The number of nitrogen functional groups attached to an aromatic ring is 1. The van der Waals surface area contributed by atoms with Crippen LogP contribution >= 0.6 is 0 Å². The van der Waals surface area contributed by atoms with Crippen LogP contribution in [0.3, 0.4) is 0 Å². The summed E-state index contributed by atoms with van der Waals surface area (Å²) in [4.78, 5) is 11.3. The molecule has 0 spiro atoms. The first-order chi connectivity index (χ1) is 17.1. The van der Waals surface area contributed by atoms with Gasteiger partial charge in [-0.1, -0.05) is 0 Å². The van der Waals surface area contributed by atoms with Gasteiger partial charge in [0.05, 0.1) is 14.2 Å². The summed E-state index contributed by atoms with van der Waals surface area (Å²) >= 11 is 0. The molecule has 10 heteroatoms. The molecule has 0 radical (unpaired) electrons. The van der Waals surface area contributed by atoms with Gasteiger partial charge in [-0.2, -0.15) is 9.67 Å². The summed E-state index contributed by atoms with van der Waals surface area (Å²) in [6.45, 7) is 3.99. The second kappa shape index (κ2) is 10.1. The van der Waals surface area contributed by atoms with E-state index in [9.17, 15) is 0 Å². The van der Waals surface area contributed by atoms with Gasteiger partial charge in [-0.25, -0.2) is 4.98 Å². The number of pyridine rings is 1. The van der Waals surface area contributed by atoms with Crippen LogP contribution in [0, 0.1) is 0 Å². The van der Waals surface area contributed by atoms with Gasteiger partial charge in [0, 0.05) is 23.8 Å². The lowest BCUT2D eigenvalue weighted by Crippen LogP contribution is -2.25. The van der Waals surface area contributed by atoms with E-state index in [0.29, 0.717) is 29.9 Å². The third-order valence-electron chi connectivity index (χ3n) is 6.07. The summed E-state index contributed by atoms with van der Waals surface area (Å²) < 4.78 is 18.3. The number of hydrogen-bond donors (Lipinski definition) is 2. The fourth-order valence-corrected chi connectivity index (χ4v) is 4.25. The lowest BCUT2D eigenvalue weighted by Gasteiger charge is -2.15. The Morgan fingerprint density at radius 1 is 1.00 bits per heavy atom. The van der Waals surface area contributed by atoms with Crippen LogP contribution < -0.4 is 25.3 Å². The Labute approximate surface area is 203 Å². The zero-order valence-electron chi connectivity index (χ0n) is 19.9. The number of rotatable bonds is 9. The molecule has 0 atom stereocenters. The summed E-state index contributed by atoms with van der Waals surface area (Å²) in [5, 5.41) is 9.45. The van der Waals surface area contributed by atoms with Crippen LogP contribution in [0.2, 0.25) is 0 Å². The first-order valence-electron chi connectivity index (χ1n) is 11.6. The van der Waals surface area contributed by atoms with E-state index >= 15 is 0 Å². The number of aromatic nitrogens is 4. The highest BCUT2D eigenvalue weighted by atomic mass is 16.5. The maximum absolute atomic E-state index is 6.20. The Kier molecular flexibility index (Phi) is 6.53. The monoisotopic (exact) mass is 475 g/mol. The van der Waals surface area contributed by atoms with Crippen LogP contribution in [-0.2, 0) is 0 Å². The van der Waals surface area contributed by atoms with Crippen LogP contribution in [0.4, 0.5) is 17.6 Å². The van der Waals surface area contributed by atoms with Crippen molar-refractivity contribution in [2.24, 2.45) is 0 Å². The largest absolute Gasteiger partial charge is 0.493 e. The summed E-state index contributed by atoms with van der Waals surface area (Å²) in [7, 11) is 3.20. The molecule has 3 heterocycles. The molecule has 1 fully saturated rings. The molecule has 0 saturated carbocycles. The van der Waals surface area contributed by atoms with Gasteiger partial charge in [0.1, 0.15) is 12.4 Å². The van der Waals surface area contributed by atoms with E-state index in [1.807, 2.05) is 42.5 Å². The minimum absolute atomic E-state index is 0.212. The highest BCUT2D eigenvalue weighted by molar-refractivity contribution is 5.91. The molecule has 10 nitrogen and oxygen atoms in total. The molecule has 2 aromatic carbocycles. The topological polar surface area (TPSA) is 113 Å².